The normalized spacial score (nSPS) is 20.2. The number of likely N-dealkylation sites (tertiary alicyclic amines) is 1. The second-order valence-electron chi connectivity index (χ2n) is 7.83. The fraction of sp³-hybridized carbons (Fsp3) is 0.429. The van der Waals surface area contributed by atoms with E-state index in [1.807, 2.05) is 41.9 Å². The highest BCUT2D eigenvalue weighted by molar-refractivity contribution is 7.99. The molecular weight excluding hydrogens is 408 g/mol. The molecule has 0 amide bonds. The fourth-order valence-corrected chi connectivity index (χ4v) is 4.98. The lowest BCUT2D eigenvalue weighted by atomic mass is 9.75. The lowest BCUT2D eigenvalue weighted by Crippen LogP contribution is -2.46. The van der Waals surface area contributed by atoms with Gasteiger partial charge in [0, 0.05) is 24.0 Å². The highest BCUT2D eigenvalue weighted by Crippen LogP contribution is 2.35. The van der Waals surface area contributed by atoms with Gasteiger partial charge >= 0.3 is 0 Å². The molecule has 6 nitrogen and oxygen atoms in total. The van der Waals surface area contributed by atoms with E-state index in [-0.39, 0.29) is 12.0 Å². The zero-order valence-electron chi connectivity index (χ0n) is 16.4. The number of aliphatic hydroxyl groups excluding tert-OH is 1. The van der Waals surface area contributed by atoms with Crippen molar-refractivity contribution in [3.05, 3.63) is 59.1 Å². The predicted octanol–water partition coefficient (Wildman–Crippen LogP) is 4.03. The monoisotopic (exact) mass is 432 g/mol. The first-order valence-electron chi connectivity index (χ1n) is 9.73. The molecule has 0 spiro atoms. The number of aromatic nitrogens is 3. The largest absolute Gasteiger partial charge is 0.453 e. The Hall–Kier alpha value is -1.80. The van der Waals surface area contributed by atoms with E-state index in [2.05, 4.69) is 21.2 Å². The summed E-state index contributed by atoms with van der Waals surface area (Å²) in [6.07, 6.45) is 4.57. The molecule has 1 aliphatic rings. The number of nitrogens with zero attached hydrogens (tertiary/aromatic N) is 4. The van der Waals surface area contributed by atoms with Gasteiger partial charge in [-0.1, -0.05) is 23.7 Å². The molecule has 1 atom stereocenters. The van der Waals surface area contributed by atoms with E-state index in [0.717, 1.165) is 59.9 Å². The highest BCUT2D eigenvalue weighted by atomic mass is 35.5. The van der Waals surface area contributed by atoms with Crippen LogP contribution in [0.5, 0.6) is 0 Å². The minimum absolute atomic E-state index is 0.147. The summed E-state index contributed by atoms with van der Waals surface area (Å²) in [4.78, 5) is 2.37. The Labute approximate surface area is 179 Å². The molecule has 0 radical (unpaired) electrons. The van der Waals surface area contributed by atoms with E-state index in [9.17, 15) is 5.11 Å². The van der Waals surface area contributed by atoms with Crippen molar-refractivity contribution >= 4 is 23.4 Å². The first-order chi connectivity index (χ1) is 14.0. The molecule has 1 aliphatic heterocycles. The summed E-state index contributed by atoms with van der Waals surface area (Å²) in [5, 5.41) is 20.5. The molecule has 29 heavy (non-hydrogen) atoms. The molecule has 1 aromatic carbocycles. The van der Waals surface area contributed by atoms with Gasteiger partial charge in [0.2, 0.25) is 0 Å². The van der Waals surface area contributed by atoms with Crippen LogP contribution >= 0.6 is 23.4 Å². The molecule has 4 rings (SSSR count). The lowest BCUT2D eigenvalue weighted by molar-refractivity contribution is 0.0257. The van der Waals surface area contributed by atoms with E-state index >= 15 is 0 Å². The fourth-order valence-electron chi connectivity index (χ4n) is 4.03. The average molecular weight is 433 g/mol. The third-order valence-corrected chi connectivity index (χ3v) is 6.63. The Balaban J connectivity index is 1.41. The molecule has 3 heterocycles. The summed E-state index contributed by atoms with van der Waals surface area (Å²) >= 11 is 7.62. The summed E-state index contributed by atoms with van der Waals surface area (Å²) in [5.41, 5.74) is 1.03. The number of aryl methyl sites for hydroxylation is 1. The number of hydrogen-bond donors (Lipinski definition) is 1. The summed E-state index contributed by atoms with van der Waals surface area (Å²) < 4.78 is 7.87. The van der Waals surface area contributed by atoms with Gasteiger partial charge in [0.05, 0.1) is 13.2 Å². The van der Waals surface area contributed by atoms with Crippen molar-refractivity contribution in [2.24, 2.45) is 12.5 Å². The Bertz CT molecular complexity index is 960. The second kappa shape index (κ2) is 8.92. The van der Waals surface area contributed by atoms with E-state index < -0.39 is 0 Å². The Morgan fingerprint density at radius 1 is 1.31 bits per heavy atom. The van der Waals surface area contributed by atoms with E-state index in [4.69, 9.17) is 16.0 Å². The van der Waals surface area contributed by atoms with Gasteiger partial charge in [-0.3, -0.25) is 4.90 Å². The van der Waals surface area contributed by atoms with Crippen LogP contribution in [0.1, 0.15) is 24.2 Å². The van der Waals surface area contributed by atoms with Crippen LogP contribution < -0.4 is 0 Å². The zero-order valence-corrected chi connectivity index (χ0v) is 18.0. The van der Waals surface area contributed by atoms with Crippen molar-refractivity contribution < 1.29 is 9.52 Å². The maximum Gasteiger partial charge on any atom is 0.198 e. The Kier molecular flexibility index (Phi) is 6.29. The first kappa shape index (κ1) is 20.5. The molecule has 2 aromatic heterocycles. The van der Waals surface area contributed by atoms with Gasteiger partial charge < -0.3 is 14.1 Å². The van der Waals surface area contributed by atoms with Crippen molar-refractivity contribution in [1.29, 1.82) is 0 Å². The average Bonchev–Trinajstić information content (AvgIpc) is 3.31. The van der Waals surface area contributed by atoms with Gasteiger partial charge in [0.15, 0.2) is 10.2 Å². The van der Waals surface area contributed by atoms with Gasteiger partial charge in [-0.05, 0) is 67.4 Å². The third kappa shape index (κ3) is 5.04. The molecule has 1 saturated heterocycles. The molecular formula is C21H25ClN4O2S. The standard InChI is InChI=1S/C21H25ClN4O2S/c1-25-15-23-24-20(25)29-19-7-6-18(28-19)12-26-9-3-8-21(13-26,14-27)11-16-4-2-5-17(22)10-16/h2,4-7,10,15,27H,3,8-9,11-14H2,1H3/t21-/m0/s1. The maximum absolute atomic E-state index is 10.2. The van der Waals surface area contributed by atoms with Crippen molar-refractivity contribution in [1.82, 2.24) is 19.7 Å². The van der Waals surface area contributed by atoms with Crippen LogP contribution in [-0.2, 0) is 20.0 Å². The van der Waals surface area contributed by atoms with Crippen LogP contribution in [0.25, 0.3) is 0 Å². The van der Waals surface area contributed by atoms with Gasteiger partial charge in [-0.25, -0.2) is 0 Å². The third-order valence-electron chi connectivity index (χ3n) is 5.42. The number of furan rings is 1. The topological polar surface area (TPSA) is 67.3 Å². The molecule has 0 bridgehead atoms. The molecule has 1 fully saturated rings. The minimum Gasteiger partial charge on any atom is -0.453 e. The van der Waals surface area contributed by atoms with Crippen molar-refractivity contribution in [3.8, 4) is 0 Å². The molecule has 3 aromatic rings. The number of piperidine rings is 1. The number of aliphatic hydroxyl groups is 1. The van der Waals surface area contributed by atoms with Gasteiger partial charge in [-0.15, -0.1) is 10.2 Å². The SMILES string of the molecule is Cn1cnnc1Sc1ccc(CN2CCC[C@](CO)(Cc3cccc(Cl)c3)C2)o1. The van der Waals surface area contributed by atoms with E-state index in [1.54, 1.807) is 6.33 Å². The maximum atomic E-state index is 10.2. The Morgan fingerprint density at radius 2 is 2.21 bits per heavy atom. The molecule has 0 unspecified atom stereocenters. The van der Waals surface area contributed by atoms with Crippen molar-refractivity contribution in [2.75, 3.05) is 19.7 Å². The second-order valence-corrected chi connectivity index (χ2v) is 9.23. The molecule has 154 valence electrons. The number of halogens is 1. The number of hydrogen-bond acceptors (Lipinski definition) is 6. The first-order valence-corrected chi connectivity index (χ1v) is 10.9. The lowest BCUT2D eigenvalue weighted by Gasteiger charge is -2.41. The van der Waals surface area contributed by atoms with Crippen LogP contribution in [0, 0.1) is 5.41 Å². The summed E-state index contributed by atoms with van der Waals surface area (Å²) in [7, 11) is 1.91. The molecule has 0 saturated carbocycles. The molecule has 0 aliphatic carbocycles. The zero-order chi connectivity index (χ0) is 20.3. The van der Waals surface area contributed by atoms with E-state index in [0.29, 0.717) is 0 Å². The molecule has 1 N–H and O–H groups in total. The van der Waals surface area contributed by atoms with Crippen LogP contribution in [0.3, 0.4) is 0 Å². The number of rotatable bonds is 7. The quantitative estimate of drug-likeness (QED) is 0.608. The Morgan fingerprint density at radius 3 is 2.97 bits per heavy atom. The van der Waals surface area contributed by atoms with Crippen LogP contribution in [0.15, 0.2) is 57.4 Å². The van der Waals surface area contributed by atoms with Crippen molar-refractivity contribution in [2.45, 2.75) is 36.1 Å². The number of benzene rings is 1. The minimum atomic E-state index is -0.147. The van der Waals surface area contributed by atoms with Crippen LogP contribution in [0.2, 0.25) is 5.02 Å². The van der Waals surface area contributed by atoms with E-state index in [1.165, 1.54) is 17.3 Å². The highest BCUT2D eigenvalue weighted by Gasteiger charge is 2.35. The molecule has 8 heteroatoms. The van der Waals surface area contributed by atoms with Gasteiger partial charge in [0.1, 0.15) is 12.1 Å². The van der Waals surface area contributed by atoms with Crippen LogP contribution in [-0.4, -0.2) is 44.5 Å². The summed E-state index contributed by atoms with van der Waals surface area (Å²) in [5.74, 6) is 0.922. The van der Waals surface area contributed by atoms with Gasteiger partial charge in [0.25, 0.3) is 0 Å². The predicted molar refractivity (Wildman–Crippen MR) is 113 cm³/mol. The van der Waals surface area contributed by atoms with Gasteiger partial charge in [-0.2, -0.15) is 0 Å². The van der Waals surface area contributed by atoms with Crippen molar-refractivity contribution in [3.63, 3.8) is 0 Å². The van der Waals surface area contributed by atoms with Crippen LogP contribution in [0.4, 0.5) is 0 Å². The smallest absolute Gasteiger partial charge is 0.198 e. The summed E-state index contributed by atoms with van der Waals surface area (Å²) in [6.45, 7) is 2.74. The summed E-state index contributed by atoms with van der Waals surface area (Å²) in [6, 6.07) is 11.9.